The smallest absolute Gasteiger partial charge is 0.330 e. The standard InChI is InChI=1S/C17H17N3O5/c1-2-25-16(23)8-5-12-3-6-13(7-4-12)18-15(22)11-20-10-9-14(21)19-17(20)24/h3-10H,2,11H2,1H3,(H,18,22)(H,19,21,24). The Morgan fingerprint density at radius 3 is 2.56 bits per heavy atom. The number of ether oxygens (including phenoxy) is 1. The summed E-state index contributed by atoms with van der Waals surface area (Å²) in [5, 5.41) is 2.64. The van der Waals surface area contributed by atoms with Crippen molar-refractivity contribution < 1.29 is 14.3 Å². The van der Waals surface area contributed by atoms with Gasteiger partial charge in [0.15, 0.2) is 0 Å². The normalized spacial score (nSPS) is 10.6. The Morgan fingerprint density at radius 2 is 1.92 bits per heavy atom. The van der Waals surface area contributed by atoms with Crippen LogP contribution in [0.15, 0.2) is 52.2 Å². The molecule has 1 aromatic heterocycles. The second-order valence-electron chi connectivity index (χ2n) is 4.99. The highest BCUT2D eigenvalue weighted by atomic mass is 16.5. The van der Waals surface area contributed by atoms with E-state index >= 15 is 0 Å². The van der Waals surface area contributed by atoms with Crippen molar-refractivity contribution in [3.63, 3.8) is 0 Å². The number of carbonyl (C=O) groups excluding carboxylic acids is 2. The van der Waals surface area contributed by atoms with E-state index in [2.05, 4.69) is 10.3 Å². The molecular formula is C17H17N3O5. The maximum atomic E-state index is 12.0. The zero-order valence-corrected chi connectivity index (χ0v) is 13.5. The third-order valence-corrected chi connectivity index (χ3v) is 3.10. The van der Waals surface area contributed by atoms with Gasteiger partial charge in [-0.2, -0.15) is 0 Å². The number of amides is 1. The molecule has 0 fully saturated rings. The molecule has 2 rings (SSSR count). The Labute approximate surface area is 142 Å². The van der Waals surface area contributed by atoms with E-state index in [9.17, 15) is 19.2 Å². The van der Waals surface area contributed by atoms with Crippen molar-refractivity contribution >= 4 is 23.6 Å². The van der Waals surface area contributed by atoms with E-state index in [-0.39, 0.29) is 6.54 Å². The monoisotopic (exact) mass is 343 g/mol. The molecule has 2 aromatic rings. The van der Waals surface area contributed by atoms with E-state index in [1.165, 1.54) is 18.3 Å². The zero-order chi connectivity index (χ0) is 18.2. The fourth-order valence-electron chi connectivity index (χ4n) is 1.96. The summed E-state index contributed by atoms with van der Waals surface area (Å²) in [7, 11) is 0. The number of rotatable bonds is 6. The molecule has 0 aliphatic heterocycles. The van der Waals surface area contributed by atoms with Crippen LogP contribution in [0, 0.1) is 0 Å². The average molecular weight is 343 g/mol. The van der Waals surface area contributed by atoms with Gasteiger partial charge < -0.3 is 10.1 Å². The first kappa shape index (κ1) is 17.9. The van der Waals surface area contributed by atoms with Crippen LogP contribution < -0.4 is 16.6 Å². The SMILES string of the molecule is CCOC(=O)C=Cc1ccc(NC(=O)Cn2ccc(=O)[nH]c2=O)cc1. The Bertz CT molecular complexity index is 893. The molecule has 0 saturated carbocycles. The van der Waals surface area contributed by atoms with Gasteiger partial charge in [0.2, 0.25) is 5.91 Å². The van der Waals surface area contributed by atoms with Crippen LogP contribution in [0.1, 0.15) is 12.5 Å². The quantitative estimate of drug-likeness (QED) is 0.594. The van der Waals surface area contributed by atoms with Crippen LogP contribution >= 0.6 is 0 Å². The number of hydrogen-bond donors (Lipinski definition) is 2. The molecule has 0 saturated heterocycles. The van der Waals surface area contributed by atoms with Crippen molar-refractivity contribution in [2.75, 3.05) is 11.9 Å². The molecule has 0 unspecified atom stereocenters. The Hall–Kier alpha value is -3.42. The number of benzene rings is 1. The van der Waals surface area contributed by atoms with Gasteiger partial charge in [-0.25, -0.2) is 9.59 Å². The molecule has 0 atom stereocenters. The number of nitrogens with zero attached hydrogens (tertiary/aromatic N) is 1. The maximum absolute atomic E-state index is 12.0. The van der Waals surface area contributed by atoms with Crippen molar-refractivity contribution in [3.8, 4) is 0 Å². The molecule has 25 heavy (non-hydrogen) atoms. The fraction of sp³-hybridized carbons (Fsp3) is 0.176. The van der Waals surface area contributed by atoms with Gasteiger partial charge in [0.05, 0.1) is 6.61 Å². The van der Waals surface area contributed by atoms with Crippen molar-refractivity contribution in [2.24, 2.45) is 0 Å². The molecule has 0 spiro atoms. The lowest BCUT2D eigenvalue weighted by atomic mass is 10.2. The number of aromatic nitrogens is 2. The third kappa shape index (κ3) is 5.61. The summed E-state index contributed by atoms with van der Waals surface area (Å²) in [4.78, 5) is 47.8. The predicted octanol–water partition coefficient (Wildman–Crippen LogP) is 0.752. The lowest BCUT2D eigenvalue weighted by Crippen LogP contribution is -2.32. The van der Waals surface area contributed by atoms with Crippen LogP contribution in [0.25, 0.3) is 6.08 Å². The second kappa shape index (κ2) is 8.44. The summed E-state index contributed by atoms with van der Waals surface area (Å²) in [6.07, 6.45) is 4.17. The lowest BCUT2D eigenvalue weighted by Gasteiger charge is -2.07. The van der Waals surface area contributed by atoms with Gasteiger partial charge in [0, 0.05) is 24.0 Å². The molecule has 0 aliphatic carbocycles. The maximum Gasteiger partial charge on any atom is 0.330 e. The van der Waals surface area contributed by atoms with Crippen LogP contribution in [-0.4, -0.2) is 28.0 Å². The first-order chi connectivity index (χ1) is 12.0. The summed E-state index contributed by atoms with van der Waals surface area (Å²) >= 11 is 0. The number of nitrogens with one attached hydrogen (secondary N) is 2. The van der Waals surface area contributed by atoms with Gasteiger partial charge in [-0.1, -0.05) is 12.1 Å². The molecule has 2 N–H and O–H groups in total. The molecule has 0 bridgehead atoms. The minimum absolute atomic E-state index is 0.222. The summed E-state index contributed by atoms with van der Waals surface area (Å²) in [6, 6.07) is 7.94. The van der Waals surface area contributed by atoms with Gasteiger partial charge in [-0.15, -0.1) is 0 Å². The highest BCUT2D eigenvalue weighted by molar-refractivity contribution is 5.91. The van der Waals surface area contributed by atoms with E-state index in [1.807, 2.05) is 0 Å². The topological polar surface area (TPSA) is 110 Å². The molecule has 8 nitrogen and oxygen atoms in total. The first-order valence-electron chi connectivity index (χ1n) is 7.52. The molecule has 8 heteroatoms. The lowest BCUT2D eigenvalue weighted by molar-refractivity contribution is -0.137. The fourth-order valence-corrected chi connectivity index (χ4v) is 1.96. The number of hydrogen-bond acceptors (Lipinski definition) is 5. The highest BCUT2D eigenvalue weighted by Crippen LogP contribution is 2.11. The van der Waals surface area contributed by atoms with Crippen molar-refractivity contribution in [1.29, 1.82) is 0 Å². The summed E-state index contributed by atoms with van der Waals surface area (Å²) in [5.41, 5.74) is 0.133. The molecule has 0 radical (unpaired) electrons. The number of anilines is 1. The van der Waals surface area contributed by atoms with Crippen LogP contribution in [0.2, 0.25) is 0 Å². The van der Waals surface area contributed by atoms with Crippen LogP contribution in [0.5, 0.6) is 0 Å². The molecule has 130 valence electrons. The van der Waals surface area contributed by atoms with Gasteiger partial charge in [0.25, 0.3) is 5.56 Å². The van der Waals surface area contributed by atoms with Crippen LogP contribution in [0.3, 0.4) is 0 Å². The van der Waals surface area contributed by atoms with Crippen LogP contribution in [-0.2, 0) is 20.9 Å². The first-order valence-corrected chi connectivity index (χ1v) is 7.52. The number of esters is 1. The van der Waals surface area contributed by atoms with E-state index in [1.54, 1.807) is 37.3 Å². The minimum atomic E-state index is -0.651. The van der Waals surface area contributed by atoms with E-state index in [0.29, 0.717) is 12.3 Å². The zero-order valence-electron chi connectivity index (χ0n) is 13.5. The second-order valence-corrected chi connectivity index (χ2v) is 4.99. The van der Waals surface area contributed by atoms with Crippen molar-refractivity contribution in [3.05, 3.63) is 69.0 Å². The Kier molecular flexibility index (Phi) is 6.05. The van der Waals surface area contributed by atoms with Crippen molar-refractivity contribution in [1.82, 2.24) is 9.55 Å². The Morgan fingerprint density at radius 1 is 1.20 bits per heavy atom. The Balaban J connectivity index is 1.96. The van der Waals surface area contributed by atoms with Crippen LogP contribution in [0.4, 0.5) is 5.69 Å². The predicted molar refractivity (Wildman–Crippen MR) is 92.1 cm³/mol. The van der Waals surface area contributed by atoms with E-state index in [0.717, 1.165) is 10.1 Å². The molecule has 0 aliphatic rings. The summed E-state index contributed by atoms with van der Waals surface area (Å²) in [6.45, 7) is 1.82. The van der Waals surface area contributed by atoms with Gasteiger partial charge in [0.1, 0.15) is 6.54 Å². The summed E-state index contributed by atoms with van der Waals surface area (Å²) in [5.74, 6) is -0.838. The number of carbonyl (C=O) groups is 2. The van der Waals surface area contributed by atoms with Crippen molar-refractivity contribution in [2.45, 2.75) is 13.5 Å². The average Bonchev–Trinajstić information content (AvgIpc) is 2.57. The molecule has 1 amide bonds. The van der Waals surface area contributed by atoms with Gasteiger partial charge in [-0.05, 0) is 30.7 Å². The largest absolute Gasteiger partial charge is 0.463 e. The molecular weight excluding hydrogens is 326 g/mol. The minimum Gasteiger partial charge on any atom is -0.463 e. The number of aromatic amines is 1. The number of H-pyrrole nitrogens is 1. The van der Waals surface area contributed by atoms with E-state index < -0.39 is 23.1 Å². The molecule has 1 aromatic carbocycles. The highest BCUT2D eigenvalue weighted by Gasteiger charge is 2.05. The van der Waals surface area contributed by atoms with Gasteiger partial charge >= 0.3 is 11.7 Å². The third-order valence-electron chi connectivity index (χ3n) is 3.10. The summed E-state index contributed by atoms with van der Waals surface area (Å²) < 4.78 is 5.87. The van der Waals surface area contributed by atoms with Gasteiger partial charge in [-0.3, -0.25) is 19.1 Å². The van der Waals surface area contributed by atoms with E-state index in [4.69, 9.17) is 4.74 Å². The molecule has 1 heterocycles.